The summed E-state index contributed by atoms with van der Waals surface area (Å²) in [5, 5.41) is 11.8. The number of thioether (sulfide) groups is 1. The number of nitrogens with zero attached hydrogens (tertiary/aromatic N) is 2. The Morgan fingerprint density at radius 1 is 1.53 bits per heavy atom. The fourth-order valence-electron chi connectivity index (χ4n) is 1.33. The third-order valence-electron chi connectivity index (χ3n) is 2.39. The summed E-state index contributed by atoms with van der Waals surface area (Å²) in [6, 6.07) is 0. The minimum atomic E-state index is 0.660. The van der Waals surface area contributed by atoms with Gasteiger partial charge in [0, 0.05) is 6.54 Å². The van der Waals surface area contributed by atoms with Crippen molar-refractivity contribution in [3.8, 4) is 6.19 Å². The maximum Gasteiger partial charge on any atom is 0.183 e. The van der Waals surface area contributed by atoms with Crippen LogP contribution in [-0.2, 0) is 0 Å². The monoisotopic (exact) mass is 227 g/mol. The maximum atomic E-state index is 8.48. The second-order valence-corrected chi connectivity index (χ2v) is 4.30. The molecular weight excluding hydrogens is 206 g/mol. The lowest BCUT2D eigenvalue weighted by Crippen LogP contribution is -2.15. The molecule has 15 heavy (non-hydrogen) atoms. The number of aliphatic imine (C=N–C) groups is 1. The molecule has 0 aliphatic carbocycles. The summed E-state index contributed by atoms with van der Waals surface area (Å²) in [4.78, 5) is 4.40. The van der Waals surface area contributed by atoms with E-state index in [1.165, 1.54) is 31.0 Å². The molecule has 3 nitrogen and oxygen atoms in total. The minimum absolute atomic E-state index is 0.660. The molecule has 0 aromatic rings. The van der Waals surface area contributed by atoms with Crippen LogP contribution in [0.1, 0.15) is 39.5 Å². The quantitative estimate of drug-likeness (QED) is 0.328. The fourth-order valence-corrected chi connectivity index (χ4v) is 1.68. The van der Waals surface area contributed by atoms with Gasteiger partial charge in [-0.25, -0.2) is 0 Å². The first-order valence-electron chi connectivity index (χ1n) is 5.51. The zero-order chi connectivity index (χ0) is 11.5. The van der Waals surface area contributed by atoms with Crippen LogP contribution in [0.2, 0.25) is 0 Å². The van der Waals surface area contributed by atoms with Gasteiger partial charge in [-0.1, -0.05) is 44.9 Å². The van der Waals surface area contributed by atoms with Gasteiger partial charge in [0.05, 0.1) is 0 Å². The van der Waals surface area contributed by atoms with E-state index in [9.17, 15) is 0 Å². The Hall–Kier alpha value is -0.690. The molecule has 0 saturated carbocycles. The molecule has 0 rings (SSSR count). The first-order chi connectivity index (χ1) is 7.28. The Morgan fingerprint density at radius 3 is 2.73 bits per heavy atom. The van der Waals surface area contributed by atoms with Crippen molar-refractivity contribution in [1.82, 2.24) is 5.32 Å². The zero-order valence-corrected chi connectivity index (χ0v) is 10.7. The Kier molecular flexibility index (Phi) is 9.40. The van der Waals surface area contributed by atoms with Crippen molar-refractivity contribution >= 4 is 16.9 Å². The van der Waals surface area contributed by atoms with Gasteiger partial charge >= 0.3 is 0 Å². The topological polar surface area (TPSA) is 48.2 Å². The highest BCUT2D eigenvalue weighted by Crippen LogP contribution is 2.13. The molecule has 0 amide bonds. The summed E-state index contributed by atoms with van der Waals surface area (Å²) in [5.41, 5.74) is 0. The van der Waals surface area contributed by atoms with Gasteiger partial charge in [-0.05, 0) is 18.6 Å². The van der Waals surface area contributed by atoms with Crippen LogP contribution in [0, 0.1) is 17.4 Å². The van der Waals surface area contributed by atoms with Crippen LogP contribution in [0.5, 0.6) is 0 Å². The van der Waals surface area contributed by atoms with Gasteiger partial charge in [0.25, 0.3) is 0 Å². The highest BCUT2D eigenvalue weighted by Gasteiger charge is 2.05. The molecule has 0 aromatic heterocycles. The highest BCUT2D eigenvalue weighted by molar-refractivity contribution is 8.13. The molecule has 0 heterocycles. The molecule has 0 aromatic carbocycles. The third kappa shape index (κ3) is 7.26. The van der Waals surface area contributed by atoms with Crippen LogP contribution in [0.4, 0.5) is 0 Å². The summed E-state index contributed by atoms with van der Waals surface area (Å²) in [6.07, 6.45) is 8.75. The number of rotatable bonds is 6. The van der Waals surface area contributed by atoms with Crippen LogP contribution in [0.3, 0.4) is 0 Å². The number of hydrogen-bond donors (Lipinski definition) is 1. The third-order valence-corrected chi connectivity index (χ3v) is 3.01. The van der Waals surface area contributed by atoms with E-state index in [1.807, 2.05) is 12.4 Å². The predicted octanol–water partition coefficient (Wildman–Crippen LogP) is 2.99. The predicted molar refractivity (Wildman–Crippen MR) is 67.9 cm³/mol. The lowest BCUT2D eigenvalue weighted by Gasteiger charge is -2.11. The molecule has 0 spiro atoms. The molecule has 0 radical (unpaired) electrons. The van der Waals surface area contributed by atoms with Crippen molar-refractivity contribution in [2.75, 3.05) is 12.8 Å². The standard InChI is InChI=1S/C11H21N3S/c1-4-6-7-10(5-2)8-13-11(15-3)14-9-12/h10H,4-8H2,1-3H3,(H,13,14). The van der Waals surface area contributed by atoms with E-state index in [1.54, 1.807) is 0 Å². The largest absolute Gasteiger partial charge is 0.272 e. The number of nitriles is 1. The van der Waals surface area contributed by atoms with Gasteiger partial charge in [-0.15, -0.1) is 0 Å². The molecule has 4 heteroatoms. The molecule has 0 saturated heterocycles. The Balaban J connectivity index is 3.99. The van der Waals surface area contributed by atoms with E-state index >= 15 is 0 Å². The van der Waals surface area contributed by atoms with Gasteiger partial charge in [0.1, 0.15) is 0 Å². The molecule has 86 valence electrons. The van der Waals surface area contributed by atoms with Crippen LogP contribution < -0.4 is 5.32 Å². The Morgan fingerprint density at radius 2 is 2.27 bits per heavy atom. The SMILES string of the molecule is CCCCC(CC)CN=C(NC#N)SC. The van der Waals surface area contributed by atoms with E-state index in [0.717, 1.165) is 18.1 Å². The van der Waals surface area contributed by atoms with Crippen LogP contribution in [-0.4, -0.2) is 18.0 Å². The maximum absolute atomic E-state index is 8.48. The van der Waals surface area contributed by atoms with Crippen molar-refractivity contribution in [3.05, 3.63) is 0 Å². The summed E-state index contributed by atoms with van der Waals surface area (Å²) in [5.74, 6) is 0.660. The first-order valence-corrected chi connectivity index (χ1v) is 6.74. The second-order valence-electron chi connectivity index (χ2n) is 3.50. The van der Waals surface area contributed by atoms with Gasteiger partial charge in [0.15, 0.2) is 11.4 Å². The zero-order valence-electron chi connectivity index (χ0n) is 9.92. The number of amidine groups is 1. The second kappa shape index (κ2) is 9.85. The molecule has 1 unspecified atom stereocenters. The summed E-state index contributed by atoms with van der Waals surface area (Å²) in [6.45, 7) is 5.24. The van der Waals surface area contributed by atoms with E-state index < -0.39 is 0 Å². The average molecular weight is 227 g/mol. The highest BCUT2D eigenvalue weighted by atomic mass is 32.2. The van der Waals surface area contributed by atoms with Crippen molar-refractivity contribution in [3.63, 3.8) is 0 Å². The van der Waals surface area contributed by atoms with Crippen molar-refractivity contribution < 1.29 is 0 Å². The Labute approximate surface area is 97.3 Å². The minimum Gasteiger partial charge on any atom is -0.272 e. The van der Waals surface area contributed by atoms with E-state index in [-0.39, 0.29) is 0 Å². The molecule has 0 bridgehead atoms. The molecule has 1 atom stereocenters. The van der Waals surface area contributed by atoms with Crippen molar-refractivity contribution in [1.29, 1.82) is 5.26 Å². The van der Waals surface area contributed by atoms with Crippen LogP contribution in [0.25, 0.3) is 0 Å². The lowest BCUT2D eigenvalue weighted by atomic mass is 10.00. The fraction of sp³-hybridized carbons (Fsp3) is 0.818. The molecule has 1 N–H and O–H groups in total. The van der Waals surface area contributed by atoms with Gasteiger partial charge in [0.2, 0.25) is 0 Å². The van der Waals surface area contributed by atoms with Crippen molar-refractivity contribution in [2.45, 2.75) is 39.5 Å². The summed E-state index contributed by atoms with van der Waals surface area (Å²) in [7, 11) is 0. The average Bonchev–Trinajstić information content (AvgIpc) is 2.27. The molecule has 0 aliphatic heterocycles. The van der Waals surface area contributed by atoms with E-state index in [4.69, 9.17) is 5.26 Å². The van der Waals surface area contributed by atoms with Crippen LogP contribution >= 0.6 is 11.8 Å². The van der Waals surface area contributed by atoms with Crippen molar-refractivity contribution in [2.24, 2.45) is 10.9 Å². The van der Waals surface area contributed by atoms with Gasteiger partial charge in [-0.3, -0.25) is 10.3 Å². The van der Waals surface area contributed by atoms with Gasteiger partial charge in [-0.2, -0.15) is 5.26 Å². The number of hydrogen-bond acceptors (Lipinski definition) is 3. The van der Waals surface area contributed by atoms with E-state index in [2.05, 4.69) is 24.2 Å². The normalized spacial score (nSPS) is 13.3. The number of nitrogens with one attached hydrogen (secondary N) is 1. The lowest BCUT2D eigenvalue weighted by molar-refractivity contribution is 0.462. The first kappa shape index (κ1) is 14.3. The van der Waals surface area contributed by atoms with E-state index in [0.29, 0.717) is 5.92 Å². The smallest absolute Gasteiger partial charge is 0.183 e. The Bertz CT molecular complexity index is 220. The summed E-state index contributed by atoms with van der Waals surface area (Å²) < 4.78 is 0. The van der Waals surface area contributed by atoms with Crippen LogP contribution in [0.15, 0.2) is 4.99 Å². The number of unbranched alkanes of at least 4 members (excludes halogenated alkanes) is 1. The summed E-state index contributed by atoms with van der Waals surface area (Å²) >= 11 is 1.49. The van der Waals surface area contributed by atoms with Gasteiger partial charge < -0.3 is 0 Å². The molecule has 0 aliphatic rings. The molecule has 0 fully saturated rings. The molecular formula is C11H21N3S.